The van der Waals surface area contributed by atoms with E-state index in [1.54, 1.807) is 13.0 Å². The van der Waals surface area contributed by atoms with Crippen molar-refractivity contribution < 1.29 is 9.32 Å². The number of hydrogen-bond donors (Lipinski definition) is 1. The lowest BCUT2D eigenvalue weighted by molar-refractivity contribution is 0.0931. The first-order valence-electron chi connectivity index (χ1n) is 7.09. The minimum Gasteiger partial charge on any atom is -0.340 e. The maximum Gasteiger partial charge on any atom is 0.253 e. The van der Waals surface area contributed by atoms with Gasteiger partial charge in [-0.2, -0.15) is 4.98 Å². The largest absolute Gasteiger partial charge is 0.340 e. The van der Waals surface area contributed by atoms with E-state index >= 15 is 0 Å². The summed E-state index contributed by atoms with van der Waals surface area (Å²) in [4.78, 5) is 16.6. The summed E-state index contributed by atoms with van der Waals surface area (Å²) in [6, 6.07) is 16.4. The zero-order valence-electron chi connectivity index (χ0n) is 12.4. The molecule has 1 unspecified atom stereocenters. The van der Waals surface area contributed by atoms with Crippen molar-refractivity contribution in [3.63, 3.8) is 0 Å². The Bertz CT molecular complexity index is 817. The first kappa shape index (κ1) is 15.4. The number of aromatic nitrogens is 2. The molecule has 0 spiro atoms. The monoisotopic (exact) mass is 371 g/mol. The van der Waals surface area contributed by atoms with Crippen LogP contribution in [0.5, 0.6) is 0 Å². The van der Waals surface area contributed by atoms with Crippen LogP contribution < -0.4 is 5.32 Å². The van der Waals surface area contributed by atoms with Crippen molar-refractivity contribution >= 4 is 21.8 Å². The molecule has 1 aromatic heterocycles. The van der Waals surface area contributed by atoms with Crippen LogP contribution in [0.4, 0.5) is 0 Å². The number of nitrogens with zero attached hydrogens (tertiary/aromatic N) is 2. The fourth-order valence-electron chi connectivity index (χ4n) is 2.10. The molecular formula is C17H14BrN3O2. The Morgan fingerprint density at radius 1 is 1.13 bits per heavy atom. The van der Waals surface area contributed by atoms with E-state index in [-0.39, 0.29) is 11.9 Å². The average molecular weight is 372 g/mol. The fourth-order valence-corrected chi connectivity index (χ4v) is 2.56. The predicted octanol–water partition coefficient (Wildman–Crippen LogP) is 3.99. The summed E-state index contributed by atoms with van der Waals surface area (Å²) < 4.78 is 6.00. The van der Waals surface area contributed by atoms with E-state index in [4.69, 9.17) is 4.52 Å². The van der Waals surface area contributed by atoms with Crippen LogP contribution in [0.1, 0.15) is 29.2 Å². The first-order valence-corrected chi connectivity index (χ1v) is 7.89. The van der Waals surface area contributed by atoms with Crippen molar-refractivity contribution in [2.24, 2.45) is 0 Å². The molecule has 1 heterocycles. The van der Waals surface area contributed by atoms with Gasteiger partial charge in [-0.15, -0.1) is 0 Å². The minimum atomic E-state index is -0.389. The molecule has 1 atom stereocenters. The molecule has 23 heavy (non-hydrogen) atoms. The molecule has 0 aliphatic rings. The van der Waals surface area contributed by atoms with Gasteiger partial charge in [-0.1, -0.05) is 47.6 Å². The molecule has 0 fully saturated rings. The van der Waals surface area contributed by atoms with Crippen molar-refractivity contribution in [1.82, 2.24) is 15.5 Å². The van der Waals surface area contributed by atoms with Crippen molar-refractivity contribution in [1.29, 1.82) is 0 Å². The highest BCUT2D eigenvalue weighted by Gasteiger charge is 2.19. The van der Waals surface area contributed by atoms with Crippen molar-refractivity contribution in [2.45, 2.75) is 13.0 Å². The number of hydrogen-bond acceptors (Lipinski definition) is 4. The van der Waals surface area contributed by atoms with Crippen LogP contribution in [0, 0.1) is 0 Å². The Labute approximate surface area is 141 Å². The number of halogens is 1. The number of nitrogens with one attached hydrogen (secondary N) is 1. The lowest BCUT2D eigenvalue weighted by atomic mass is 10.2. The number of rotatable bonds is 4. The van der Waals surface area contributed by atoms with E-state index in [1.807, 2.05) is 48.5 Å². The van der Waals surface area contributed by atoms with Gasteiger partial charge in [-0.25, -0.2) is 0 Å². The van der Waals surface area contributed by atoms with E-state index < -0.39 is 0 Å². The van der Waals surface area contributed by atoms with Crippen molar-refractivity contribution in [3.8, 4) is 11.4 Å². The van der Waals surface area contributed by atoms with Crippen LogP contribution in [0.3, 0.4) is 0 Å². The highest BCUT2D eigenvalue weighted by atomic mass is 79.9. The Kier molecular flexibility index (Phi) is 4.52. The van der Waals surface area contributed by atoms with Crippen molar-refractivity contribution in [3.05, 3.63) is 70.5 Å². The molecular weight excluding hydrogens is 358 g/mol. The van der Waals surface area contributed by atoms with E-state index in [0.717, 1.165) is 10.0 Å². The van der Waals surface area contributed by atoms with Crippen LogP contribution in [0.15, 0.2) is 63.6 Å². The second-order valence-corrected chi connectivity index (χ2v) is 5.85. The molecule has 0 radical (unpaired) electrons. The maximum atomic E-state index is 12.3. The molecule has 0 bridgehead atoms. The molecule has 3 aromatic rings. The normalized spacial score (nSPS) is 11.9. The number of amides is 1. The third-order valence-electron chi connectivity index (χ3n) is 3.31. The highest BCUT2D eigenvalue weighted by molar-refractivity contribution is 9.10. The van der Waals surface area contributed by atoms with Gasteiger partial charge in [0, 0.05) is 10.0 Å². The summed E-state index contributed by atoms with van der Waals surface area (Å²) in [6.45, 7) is 1.80. The van der Waals surface area contributed by atoms with E-state index in [1.165, 1.54) is 0 Å². The summed E-state index contributed by atoms with van der Waals surface area (Å²) in [6.07, 6.45) is 0. The van der Waals surface area contributed by atoms with Crippen LogP contribution in [0.2, 0.25) is 0 Å². The van der Waals surface area contributed by atoms with E-state index in [0.29, 0.717) is 17.3 Å². The SMILES string of the molecule is CC(NC(=O)c1ccccc1Br)c1nc(-c2ccccc2)no1. The Morgan fingerprint density at radius 2 is 1.83 bits per heavy atom. The van der Waals surface area contributed by atoms with Gasteiger partial charge in [0.15, 0.2) is 0 Å². The topological polar surface area (TPSA) is 68.0 Å². The maximum absolute atomic E-state index is 12.3. The molecule has 0 saturated carbocycles. The Balaban J connectivity index is 1.74. The molecule has 2 aromatic carbocycles. The van der Waals surface area contributed by atoms with Gasteiger partial charge in [0.25, 0.3) is 5.91 Å². The summed E-state index contributed by atoms with van der Waals surface area (Å²) in [7, 11) is 0. The Hall–Kier alpha value is -2.47. The smallest absolute Gasteiger partial charge is 0.253 e. The van der Waals surface area contributed by atoms with Gasteiger partial charge < -0.3 is 9.84 Å². The molecule has 116 valence electrons. The third kappa shape index (κ3) is 3.48. The van der Waals surface area contributed by atoms with Crippen LogP contribution in [-0.2, 0) is 0 Å². The zero-order valence-corrected chi connectivity index (χ0v) is 13.9. The molecule has 0 saturated heterocycles. The molecule has 3 rings (SSSR count). The van der Waals surface area contributed by atoms with E-state index in [2.05, 4.69) is 31.4 Å². The zero-order chi connectivity index (χ0) is 16.2. The van der Waals surface area contributed by atoms with Crippen LogP contribution in [-0.4, -0.2) is 16.0 Å². The van der Waals surface area contributed by atoms with Crippen LogP contribution in [0.25, 0.3) is 11.4 Å². The van der Waals surface area contributed by atoms with Gasteiger partial charge in [0.05, 0.1) is 5.56 Å². The average Bonchev–Trinajstić information content (AvgIpc) is 3.06. The standard InChI is InChI=1S/C17H14BrN3O2/c1-11(19-16(22)13-9-5-6-10-14(13)18)17-20-15(21-23-17)12-7-3-2-4-8-12/h2-11H,1H3,(H,19,22). The van der Waals surface area contributed by atoms with Gasteiger partial charge >= 0.3 is 0 Å². The minimum absolute atomic E-state index is 0.204. The molecule has 5 nitrogen and oxygen atoms in total. The summed E-state index contributed by atoms with van der Waals surface area (Å²) in [5.74, 6) is 0.663. The summed E-state index contributed by atoms with van der Waals surface area (Å²) >= 11 is 3.37. The molecule has 1 N–H and O–H groups in total. The number of carbonyl (C=O) groups excluding carboxylic acids is 1. The van der Waals surface area contributed by atoms with Gasteiger partial charge in [0.2, 0.25) is 11.7 Å². The molecule has 1 amide bonds. The fraction of sp³-hybridized carbons (Fsp3) is 0.118. The predicted molar refractivity (Wildman–Crippen MR) is 89.8 cm³/mol. The summed E-state index contributed by atoms with van der Waals surface area (Å²) in [5.41, 5.74) is 1.42. The third-order valence-corrected chi connectivity index (χ3v) is 4.00. The van der Waals surface area contributed by atoms with E-state index in [9.17, 15) is 4.79 Å². The first-order chi connectivity index (χ1) is 11.1. The van der Waals surface area contributed by atoms with Crippen LogP contribution >= 0.6 is 15.9 Å². The number of carbonyl (C=O) groups is 1. The number of benzene rings is 2. The lowest BCUT2D eigenvalue weighted by Crippen LogP contribution is -2.27. The lowest BCUT2D eigenvalue weighted by Gasteiger charge is -2.10. The summed E-state index contributed by atoms with van der Waals surface area (Å²) in [5, 5.41) is 6.81. The molecule has 0 aliphatic carbocycles. The highest BCUT2D eigenvalue weighted by Crippen LogP contribution is 2.20. The second-order valence-electron chi connectivity index (χ2n) is 5.00. The Morgan fingerprint density at radius 3 is 2.57 bits per heavy atom. The second kappa shape index (κ2) is 6.75. The van der Waals surface area contributed by atoms with Crippen molar-refractivity contribution in [2.75, 3.05) is 0 Å². The van der Waals surface area contributed by atoms with Gasteiger partial charge in [-0.05, 0) is 35.0 Å². The van der Waals surface area contributed by atoms with Gasteiger partial charge in [0.1, 0.15) is 6.04 Å². The molecule has 0 aliphatic heterocycles. The molecule has 6 heteroatoms. The quantitative estimate of drug-likeness (QED) is 0.752. The van der Waals surface area contributed by atoms with Gasteiger partial charge in [-0.3, -0.25) is 4.79 Å².